The molecule has 0 radical (unpaired) electrons. The lowest BCUT2D eigenvalue weighted by atomic mass is 9.44. The first-order chi connectivity index (χ1) is 13.5. The Kier molecular flexibility index (Phi) is 3.41. The number of piperidine rings is 1. The van der Waals surface area contributed by atoms with Gasteiger partial charge >= 0.3 is 6.17 Å². The molecule has 4 heteroatoms. The summed E-state index contributed by atoms with van der Waals surface area (Å²) in [5, 5.41) is 11.3. The maximum absolute atomic E-state index is 14.1. The predicted octanol–water partition coefficient (Wildman–Crippen LogP) is 3.97. The first kappa shape index (κ1) is 17.0. The minimum Gasteiger partial charge on any atom is -0.390 e. The second-order valence-electron chi connectivity index (χ2n) is 10.5. The van der Waals surface area contributed by atoms with Crippen molar-refractivity contribution in [1.29, 1.82) is 0 Å². The average molecular weight is 377 g/mol. The number of rotatable bonds is 3. The van der Waals surface area contributed by atoms with Gasteiger partial charge in [0.25, 0.3) is 0 Å². The Morgan fingerprint density at radius 1 is 1.11 bits per heavy atom. The van der Waals surface area contributed by atoms with Crippen LogP contribution in [0.1, 0.15) is 62.8 Å². The van der Waals surface area contributed by atoms with E-state index in [9.17, 15) is 9.90 Å². The van der Waals surface area contributed by atoms with Crippen LogP contribution in [0.25, 0.3) is 4.85 Å². The van der Waals surface area contributed by atoms with Crippen LogP contribution < -0.4 is 0 Å². The second kappa shape index (κ2) is 5.60. The van der Waals surface area contributed by atoms with Crippen LogP contribution in [0.5, 0.6) is 0 Å². The fourth-order valence-electron chi connectivity index (χ4n) is 8.03. The Balaban J connectivity index is 1.44. The number of aliphatic hydroxyl groups is 1. The average Bonchev–Trinajstić information content (AvgIpc) is 3.30. The molecule has 4 nitrogen and oxygen atoms in total. The van der Waals surface area contributed by atoms with E-state index >= 15 is 0 Å². The van der Waals surface area contributed by atoms with Gasteiger partial charge in [0.15, 0.2) is 0 Å². The van der Waals surface area contributed by atoms with Gasteiger partial charge in [-0.3, -0.25) is 14.5 Å². The summed E-state index contributed by atoms with van der Waals surface area (Å²) < 4.78 is 0. The Bertz CT molecular complexity index is 845. The van der Waals surface area contributed by atoms with Gasteiger partial charge in [-0.1, -0.05) is 30.3 Å². The number of amides is 1. The fraction of sp³-hybridized carbons (Fsp3) is 0.667. The molecule has 0 spiro atoms. The largest absolute Gasteiger partial charge is 0.390 e. The lowest BCUT2D eigenvalue weighted by molar-refractivity contribution is -0.178. The molecule has 0 aromatic heterocycles. The summed E-state index contributed by atoms with van der Waals surface area (Å²) in [5.41, 5.74) is 0.367. The molecule has 5 saturated carbocycles. The number of nitrogens with zero attached hydrogens (tertiary/aromatic N) is 2. The summed E-state index contributed by atoms with van der Waals surface area (Å²) in [4.78, 5) is 19.8. The monoisotopic (exact) mass is 376 g/mol. The quantitative estimate of drug-likeness (QED) is 0.812. The van der Waals surface area contributed by atoms with Gasteiger partial charge in [-0.15, -0.1) is 0 Å². The van der Waals surface area contributed by atoms with Crippen molar-refractivity contribution in [2.45, 2.75) is 75.1 Å². The predicted molar refractivity (Wildman–Crippen MR) is 105 cm³/mol. The van der Waals surface area contributed by atoms with Crippen molar-refractivity contribution in [3.8, 4) is 0 Å². The van der Waals surface area contributed by atoms with Gasteiger partial charge in [0.2, 0.25) is 5.91 Å². The zero-order valence-corrected chi connectivity index (χ0v) is 16.3. The number of carbonyl (C=O) groups excluding carboxylic acids is 1. The van der Waals surface area contributed by atoms with Gasteiger partial charge in [0.1, 0.15) is 0 Å². The zero-order valence-electron chi connectivity index (χ0n) is 16.3. The van der Waals surface area contributed by atoms with Crippen molar-refractivity contribution in [1.82, 2.24) is 4.90 Å². The van der Waals surface area contributed by atoms with Gasteiger partial charge in [0, 0.05) is 12.5 Å². The zero-order chi connectivity index (χ0) is 19.1. The van der Waals surface area contributed by atoms with Crippen molar-refractivity contribution < 1.29 is 9.90 Å². The van der Waals surface area contributed by atoms with E-state index in [0.717, 1.165) is 50.5 Å². The Labute approximate surface area is 166 Å². The number of fused-ring (bicyclic) bond motifs is 1. The number of hydrogen-bond donors (Lipinski definition) is 1. The summed E-state index contributed by atoms with van der Waals surface area (Å²) >= 11 is 0. The Morgan fingerprint density at radius 2 is 1.82 bits per heavy atom. The lowest BCUT2D eigenvalue weighted by Crippen LogP contribution is -2.59. The molecule has 1 heterocycles. The van der Waals surface area contributed by atoms with Crippen LogP contribution in [0.15, 0.2) is 30.3 Å². The van der Waals surface area contributed by atoms with Gasteiger partial charge in [-0.2, -0.15) is 0 Å². The van der Waals surface area contributed by atoms with Crippen molar-refractivity contribution in [2.24, 2.45) is 23.2 Å². The first-order valence-corrected chi connectivity index (χ1v) is 11.0. The number of hydrogen-bond acceptors (Lipinski definition) is 2. The van der Waals surface area contributed by atoms with Crippen LogP contribution in [0.4, 0.5) is 0 Å². The van der Waals surface area contributed by atoms with E-state index in [4.69, 9.17) is 6.57 Å². The maximum Gasteiger partial charge on any atom is 0.301 e. The molecule has 5 aliphatic carbocycles. The van der Waals surface area contributed by atoms with Crippen LogP contribution >= 0.6 is 0 Å². The standard InChI is InChI=1S/C24H28N2O2/c1-25-20-9-18-8-19(18)26(20)22(27)21(17-5-3-2-4-6-17)23-10-15-7-16(11-23)13-24(28,12-15)14-23/h2-6,15-16,18-21,28H,7-14H2/t15?,16?,18-,19?,20-,21+,23?,24?/m0/s1. The van der Waals surface area contributed by atoms with Crippen molar-refractivity contribution >= 4 is 5.91 Å². The molecule has 1 aromatic carbocycles. The Morgan fingerprint density at radius 3 is 2.46 bits per heavy atom. The van der Waals surface area contributed by atoms with E-state index in [-0.39, 0.29) is 29.4 Å². The molecule has 1 aromatic rings. The summed E-state index contributed by atoms with van der Waals surface area (Å²) in [7, 11) is 0. The summed E-state index contributed by atoms with van der Waals surface area (Å²) in [5.74, 6) is 1.60. The van der Waals surface area contributed by atoms with Gasteiger partial charge in [-0.25, -0.2) is 6.57 Å². The molecular formula is C24H28N2O2. The third kappa shape index (κ3) is 2.35. The van der Waals surface area contributed by atoms with Crippen LogP contribution in [-0.2, 0) is 4.79 Å². The van der Waals surface area contributed by atoms with Crippen molar-refractivity contribution in [3.63, 3.8) is 0 Å². The number of benzene rings is 1. The van der Waals surface area contributed by atoms with Crippen LogP contribution in [0.2, 0.25) is 0 Å². The minimum absolute atomic E-state index is 0.142. The minimum atomic E-state index is -0.580. The molecule has 1 saturated heterocycles. The third-order valence-electron chi connectivity index (χ3n) is 8.55. The third-order valence-corrected chi connectivity index (χ3v) is 8.55. The highest BCUT2D eigenvalue weighted by atomic mass is 16.3. The molecule has 146 valence electrons. The van der Waals surface area contributed by atoms with Crippen LogP contribution in [0.3, 0.4) is 0 Å². The molecule has 6 aliphatic rings. The molecule has 28 heavy (non-hydrogen) atoms. The highest BCUT2D eigenvalue weighted by Gasteiger charge is 2.64. The lowest BCUT2D eigenvalue weighted by Gasteiger charge is -2.62. The van der Waals surface area contributed by atoms with Gasteiger partial charge in [0.05, 0.1) is 11.5 Å². The van der Waals surface area contributed by atoms with E-state index in [1.807, 2.05) is 23.1 Å². The summed E-state index contributed by atoms with van der Waals surface area (Å²) in [6.45, 7) is 7.62. The van der Waals surface area contributed by atoms with Crippen LogP contribution in [-0.4, -0.2) is 33.7 Å². The highest BCUT2D eigenvalue weighted by molar-refractivity contribution is 5.86. The molecular weight excluding hydrogens is 348 g/mol. The van der Waals surface area contributed by atoms with Gasteiger partial charge < -0.3 is 5.11 Å². The molecule has 1 aliphatic heterocycles. The number of carbonyl (C=O) groups is 1. The second-order valence-corrected chi connectivity index (χ2v) is 10.5. The molecule has 6 atom stereocenters. The van der Waals surface area contributed by atoms with E-state index in [2.05, 4.69) is 17.0 Å². The number of likely N-dealkylation sites (tertiary alicyclic amines) is 1. The molecule has 1 N–H and O–H groups in total. The highest BCUT2D eigenvalue weighted by Crippen LogP contribution is 2.66. The summed E-state index contributed by atoms with van der Waals surface area (Å²) in [6, 6.07) is 10.5. The van der Waals surface area contributed by atoms with Crippen molar-refractivity contribution in [2.75, 3.05) is 0 Å². The van der Waals surface area contributed by atoms with E-state index in [1.165, 1.54) is 6.42 Å². The fourth-order valence-corrected chi connectivity index (χ4v) is 8.03. The SMILES string of the molecule is [C-]#[N+][C@@H]1C[C@@H]2CC2N1C(=O)[C@@H](c1ccccc1)C12CC3CC(CC(O)(C3)C1)C2. The smallest absolute Gasteiger partial charge is 0.301 e. The molecule has 3 unspecified atom stereocenters. The maximum atomic E-state index is 14.1. The molecule has 6 fully saturated rings. The molecule has 1 amide bonds. The van der Waals surface area contributed by atoms with Gasteiger partial charge in [-0.05, 0) is 73.7 Å². The topological polar surface area (TPSA) is 44.9 Å². The van der Waals surface area contributed by atoms with E-state index in [1.54, 1.807) is 0 Å². The van der Waals surface area contributed by atoms with Crippen molar-refractivity contribution in [3.05, 3.63) is 47.3 Å². The Hall–Kier alpha value is -1.86. The van der Waals surface area contributed by atoms with E-state index in [0.29, 0.717) is 17.8 Å². The normalized spacial score (nSPS) is 46.1. The molecule has 7 rings (SSSR count). The summed E-state index contributed by atoms with van der Waals surface area (Å²) in [6.07, 6.45) is 7.57. The van der Waals surface area contributed by atoms with E-state index < -0.39 is 5.60 Å². The molecule has 4 bridgehead atoms. The first-order valence-electron chi connectivity index (χ1n) is 11.0. The van der Waals surface area contributed by atoms with Crippen LogP contribution in [0, 0.1) is 29.7 Å².